The highest BCUT2D eigenvalue weighted by atomic mass is 16.5. The molecule has 3 aromatic rings. The summed E-state index contributed by atoms with van der Waals surface area (Å²) in [6, 6.07) is 3.88. The smallest absolute Gasteiger partial charge is 0.272 e. The quantitative estimate of drug-likeness (QED) is 0.678. The van der Waals surface area contributed by atoms with E-state index in [2.05, 4.69) is 20.6 Å². The van der Waals surface area contributed by atoms with Crippen molar-refractivity contribution >= 4 is 17.3 Å². The third-order valence-electron chi connectivity index (χ3n) is 5.98. The zero-order chi connectivity index (χ0) is 20.7. The first-order valence-corrected chi connectivity index (χ1v) is 10.3. The number of aromatic nitrogens is 4. The molecule has 9 heteroatoms. The lowest BCUT2D eigenvalue weighted by molar-refractivity contribution is 0.0734. The van der Waals surface area contributed by atoms with Crippen molar-refractivity contribution in [3.05, 3.63) is 52.6 Å². The minimum absolute atomic E-state index is 0.0632. The van der Waals surface area contributed by atoms with Gasteiger partial charge in [-0.2, -0.15) is 10.2 Å². The maximum atomic E-state index is 13.2. The number of H-pyrrole nitrogens is 1. The molecule has 5 rings (SSSR count). The first-order chi connectivity index (χ1) is 14.6. The molecule has 0 aromatic carbocycles. The first-order valence-electron chi connectivity index (χ1n) is 10.3. The maximum absolute atomic E-state index is 13.2. The molecule has 5 heterocycles. The van der Waals surface area contributed by atoms with Crippen LogP contribution in [0.4, 0.5) is 0 Å². The predicted octanol–water partition coefficient (Wildman–Crippen LogP) is 1.33. The summed E-state index contributed by atoms with van der Waals surface area (Å²) in [5, 5.41) is 14.5. The topological polar surface area (TPSA) is 105 Å². The molecular weight excluding hydrogens is 384 g/mol. The van der Waals surface area contributed by atoms with Gasteiger partial charge >= 0.3 is 0 Å². The van der Waals surface area contributed by atoms with E-state index in [0.717, 1.165) is 35.4 Å². The van der Waals surface area contributed by atoms with E-state index < -0.39 is 0 Å². The molecule has 2 N–H and O–H groups in total. The number of ether oxygens (including phenoxy) is 1. The summed E-state index contributed by atoms with van der Waals surface area (Å²) in [5.74, 6) is 0.135. The Bertz CT molecular complexity index is 1110. The molecule has 1 atom stereocenters. The van der Waals surface area contributed by atoms with E-state index in [4.69, 9.17) is 4.74 Å². The molecule has 156 valence electrons. The van der Waals surface area contributed by atoms with Crippen molar-refractivity contribution in [1.82, 2.24) is 30.0 Å². The zero-order valence-corrected chi connectivity index (χ0v) is 16.9. The van der Waals surface area contributed by atoms with Gasteiger partial charge < -0.3 is 15.0 Å². The van der Waals surface area contributed by atoms with Crippen molar-refractivity contribution in [2.45, 2.75) is 26.3 Å². The monoisotopic (exact) mass is 408 g/mol. The predicted molar refractivity (Wildman–Crippen MR) is 108 cm³/mol. The number of nitrogens with one attached hydrogen (secondary N) is 2. The third-order valence-corrected chi connectivity index (χ3v) is 5.98. The number of aryl methyl sites for hydroxylation is 1. The summed E-state index contributed by atoms with van der Waals surface area (Å²) >= 11 is 0. The number of rotatable bonds is 4. The second-order valence-corrected chi connectivity index (χ2v) is 7.99. The molecule has 0 radical (unpaired) electrons. The standard InChI is InChI=1S/C21H24N6O3/c1-13-3-2-6-27-19(13)16(10-23-27)21(29)26-7-4-15-17(11-26)24-25-18(15)20(28)22-9-14-5-8-30-12-14/h2-3,6,10,14H,4-5,7-9,11-12H2,1H3,(H,22,28)(H,24,25). The van der Waals surface area contributed by atoms with Crippen LogP contribution in [0.15, 0.2) is 24.5 Å². The lowest BCUT2D eigenvalue weighted by Crippen LogP contribution is -2.37. The minimum Gasteiger partial charge on any atom is -0.381 e. The fourth-order valence-electron chi connectivity index (χ4n) is 4.29. The highest BCUT2D eigenvalue weighted by molar-refractivity contribution is 6.01. The van der Waals surface area contributed by atoms with Crippen molar-refractivity contribution in [2.24, 2.45) is 5.92 Å². The van der Waals surface area contributed by atoms with Crippen LogP contribution in [0, 0.1) is 12.8 Å². The Kier molecular flexibility index (Phi) is 4.74. The summed E-state index contributed by atoms with van der Waals surface area (Å²) in [4.78, 5) is 27.5. The Morgan fingerprint density at radius 2 is 2.30 bits per heavy atom. The van der Waals surface area contributed by atoms with Crippen molar-refractivity contribution in [3.63, 3.8) is 0 Å². The lowest BCUT2D eigenvalue weighted by Gasteiger charge is -2.26. The molecule has 1 fully saturated rings. The van der Waals surface area contributed by atoms with Crippen molar-refractivity contribution in [1.29, 1.82) is 0 Å². The molecule has 30 heavy (non-hydrogen) atoms. The second kappa shape index (κ2) is 7.56. The van der Waals surface area contributed by atoms with Crippen LogP contribution in [0.1, 0.15) is 44.1 Å². The van der Waals surface area contributed by atoms with Crippen LogP contribution in [0.25, 0.3) is 5.52 Å². The van der Waals surface area contributed by atoms with Gasteiger partial charge in [-0.3, -0.25) is 14.7 Å². The molecule has 9 nitrogen and oxygen atoms in total. The number of nitrogens with zero attached hydrogens (tertiary/aromatic N) is 4. The number of fused-ring (bicyclic) bond motifs is 2. The molecule has 1 unspecified atom stereocenters. The Morgan fingerprint density at radius 3 is 3.13 bits per heavy atom. The average molecular weight is 408 g/mol. The average Bonchev–Trinajstić information content (AvgIpc) is 3.50. The van der Waals surface area contributed by atoms with Crippen LogP contribution in [0.2, 0.25) is 0 Å². The minimum atomic E-state index is -0.169. The second-order valence-electron chi connectivity index (χ2n) is 7.99. The number of amides is 2. The van der Waals surface area contributed by atoms with Crippen molar-refractivity contribution < 1.29 is 14.3 Å². The van der Waals surface area contributed by atoms with Crippen LogP contribution in [0.5, 0.6) is 0 Å². The zero-order valence-electron chi connectivity index (χ0n) is 16.9. The van der Waals surface area contributed by atoms with E-state index in [-0.39, 0.29) is 11.8 Å². The fourth-order valence-corrected chi connectivity index (χ4v) is 4.29. The summed E-state index contributed by atoms with van der Waals surface area (Å²) in [6.07, 6.45) is 5.02. The van der Waals surface area contributed by atoms with Crippen LogP contribution in [0.3, 0.4) is 0 Å². The summed E-state index contributed by atoms with van der Waals surface area (Å²) in [5.41, 5.74) is 4.57. The van der Waals surface area contributed by atoms with Gasteiger partial charge in [-0.1, -0.05) is 6.07 Å². The number of carbonyl (C=O) groups is 2. The molecule has 2 amide bonds. The molecule has 0 bridgehead atoms. The molecule has 3 aromatic heterocycles. The van der Waals surface area contributed by atoms with Crippen LogP contribution < -0.4 is 5.32 Å². The number of hydrogen-bond acceptors (Lipinski definition) is 5. The maximum Gasteiger partial charge on any atom is 0.272 e. The SMILES string of the molecule is Cc1cccn2ncc(C(=O)N3CCc4c(C(=O)NCC5CCOC5)n[nH]c4C3)c12. The van der Waals surface area contributed by atoms with E-state index in [1.54, 1.807) is 15.6 Å². The van der Waals surface area contributed by atoms with Crippen LogP contribution >= 0.6 is 0 Å². The molecule has 0 saturated carbocycles. The van der Waals surface area contributed by atoms with Gasteiger partial charge in [0.25, 0.3) is 11.8 Å². The van der Waals surface area contributed by atoms with Gasteiger partial charge in [0.2, 0.25) is 0 Å². The van der Waals surface area contributed by atoms with E-state index in [9.17, 15) is 9.59 Å². The van der Waals surface area contributed by atoms with Crippen molar-refractivity contribution in [3.8, 4) is 0 Å². The Morgan fingerprint density at radius 1 is 1.40 bits per heavy atom. The van der Waals surface area contributed by atoms with Gasteiger partial charge in [0.05, 0.1) is 36.1 Å². The van der Waals surface area contributed by atoms with Crippen molar-refractivity contribution in [2.75, 3.05) is 26.3 Å². The molecule has 2 aliphatic rings. The number of hydrogen-bond donors (Lipinski definition) is 2. The van der Waals surface area contributed by atoms with Gasteiger partial charge in [-0.25, -0.2) is 4.52 Å². The Balaban J connectivity index is 1.31. The Labute approximate surface area is 173 Å². The van der Waals surface area contributed by atoms with Gasteiger partial charge in [-0.05, 0) is 31.4 Å². The number of carbonyl (C=O) groups excluding carboxylic acids is 2. The normalized spacial score (nSPS) is 18.6. The van der Waals surface area contributed by atoms with E-state index in [0.29, 0.717) is 49.8 Å². The largest absolute Gasteiger partial charge is 0.381 e. The highest BCUT2D eigenvalue weighted by Gasteiger charge is 2.29. The highest BCUT2D eigenvalue weighted by Crippen LogP contribution is 2.24. The number of aromatic amines is 1. The summed E-state index contributed by atoms with van der Waals surface area (Å²) < 4.78 is 7.08. The molecular formula is C21H24N6O3. The van der Waals surface area contributed by atoms with Gasteiger partial charge in [0, 0.05) is 37.4 Å². The summed E-state index contributed by atoms with van der Waals surface area (Å²) in [7, 11) is 0. The van der Waals surface area contributed by atoms with Gasteiger partial charge in [0.1, 0.15) is 0 Å². The van der Waals surface area contributed by atoms with Gasteiger partial charge in [0.15, 0.2) is 5.69 Å². The molecule has 0 spiro atoms. The van der Waals surface area contributed by atoms with Crippen LogP contribution in [-0.2, 0) is 17.7 Å². The fraction of sp³-hybridized carbons (Fsp3) is 0.429. The van der Waals surface area contributed by atoms with E-state index >= 15 is 0 Å². The third kappa shape index (κ3) is 3.24. The van der Waals surface area contributed by atoms with Crippen LogP contribution in [-0.4, -0.2) is 62.8 Å². The lowest BCUT2D eigenvalue weighted by atomic mass is 10.0. The molecule has 0 aliphatic carbocycles. The summed E-state index contributed by atoms with van der Waals surface area (Å²) in [6.45, 7) is 4.95. The van der Waals surface area contributed by atoms with Gasteiger partial charge in [-0.15, -0.1) is 0 Å². The number of pyridine rings is 1. The molecule has 2 aliphatic heterocycles. The molecule has 1 saturated heterocycles. The first kappa shape index (κ1) is 18.8. The Hall–Kier alpha value is -3.20. The van der Waals surface area contributed by atoms with E-state index in [1.165, 1.54) is 0 Å². The van der Waals surface area contributed by atoms with E-state index in [1.807, 2.05) is 25.3 Å².